The zero-order valence-electron chi connectivity index (χ0n) is 59.0. The van der Waals surface area contributed by atoms with Gasteiger partial charge in [0, 0.05) is 43.4 Å². The van der Waals surface area contributed by atoms with E-state index in [0.29, 0.717) is 11.3 Å². The Labute approximate surface area is 368 Å². The van der Waals surface area contributed by atoms with Crippen LogP contribution in [0.2, 0.25) is 0 Å². The number of hydrogen-bond donors (Lipinski definition) is 0. The Morgan fingerprint density at radius 1 is 0.473 bits per heavy atom. The van der Waals surface area contributed by atoms with Crippen molar-refractivity contribution in [3.05, 3.63) is 193 Å². The first-order valence-electron chi connectivity index (χ1n) is 31.9. The molecule has 0 fully saturated rings. The normalized spacial score (nSPS) is 19.3. The Hall–Kier alpha value is -6.68. The SMILES string of the molecule is [2H]c1nc2c(c([2H])c1[2H])c([2H])c([2H])c1c([2H])c([2H])c(-c3c([2H])c([2H])c(-c4c([2H])c(-c5sc(-c6c([2H])c([2H])c([2H])c([2H])c6[2H])c(-c6c([2H])c([2H])c([2H])c([2H])c6[2H])c5-c5c([2H])c([2H])c([2H])c([2H])c5[2H])c([2H])c([2H])c4CC)c4c([2H])c([2H])c([2H])c([2H])c34)nc12. The Kier molecular flexibility index (Phi) is 3.52. The minimum absolute atomic E-state index is 0.299. The lowest BCUT2D eigenvalue weighted by Crippen LogP contribution is -1.93. The van der Waals surface area contributed by atoms with Crippen molar-refractivity contribution in [3.8, 4) is 65.5 Å². The minimum Gasteiger partial charge on any atom is -0.254 e. The van der Waals surface area contributed by atoms with E-state index >= 15 is 0 Å². The van der Waals surface area contributed by atoms with Gasteiger partial charge in [0.1, 0.15) is 0 Å². The Morgan fingerprint density at radius 2 is 1.04 bits per heavy atom. The second-order valence-electron chi connectivity index (χ2n) is 11.6. The fourth-order valence-corrected chi connectivity index (χ4v) is 7.36. The smallest absolute Gasteiger partial charge is 0.0972 e. The molecule has 10 rings (SSSR count). The zero-order chi connectivity index (χ0) is 63.7. The first kappa shape index (κ1) is 13.9. The van der Waals surface area contributed by atoms with Crippen molar-refractivity contribution < 1.29 is 42.5 Å². The molecular weight excluding hydrogens is 685 g/mol. The molecule has 0 aliphatic rings. The average molecular weight is 752 g/mol. The van der Waals surface area contributed by atoms with Gasteiger partial charge in [0.05, 0.1) is 59.2 Å². The molecule has 3 aromatic heterocycles. The monoisotopic (exact) mass is 751 g/mol. The van der Waals surface area contributed by atoms with Crippen molar-refractivity contribution in [2.75, 3.05) is 0 Å². The maximum Gasteiger partial charge on any atom is 0.0972 e. The van der Waals surface area contributed by atoms with Crippen molar-refractivity contribution in [2.24, 2.45) is 0 Å². The highest BCUT2D eigenvalue weighted by Gasteiger charge is 2.24. The van der Waals surface area contributed by atoms with Crippen LogP contribution in [-0.4, -0.2) is 9.97 Å². The molecule has 0 N–H and O–H groups in total. The van der Waals surface area contributed by atoms with Crippen LogP contribution in [0.1, 0.15) is 55.0 Å². The number of hydrogen-bond acceptors (Lipinski definition) is 3. The molecule has 0 saturated carbocycles. The summed E-state index contributed by atoms with van der Waals surface area (Å²) in [5.74, 6) is 0. The third-order valence-corrected chi connectivity index (χ3v) is 9.77. The third-order valence-electron chi connectivity index (χ3n) is 8.54. The van der Waals surface area contributed by atoms with Crippen molar-refractivity contribution >= 4 is 43.9 Å². The summed E-state index contributed by atoms with van der Waals surface area (Å²) in [5.41, 5.74) is -8.67. The summed E-state index contributed by atoms with van der Waals surface area (Å²) in [6.45, 7) is 1.44. The van der Waals surface area contributed by atoms with Gasteiger partial charge in [-0.1, -0.05) is 170 Å². The van der Waals surface area contributed by atoms with Gasteiger partial charge in [-0.15, -0.1) is 11.3 Å². The van der Waals surface area contributed by atoms with Gasteiger partial charge in [0.25, 0.3) is 0 Å². The van der Waals surface area contributed by atoms with Gasteiger partial charge in [-0.3, -0.25) is 4.98 Å². The van der Waals surface area contributed by atoms with Gasteiger partial charge in [-0.2, -0.15) is 0 Å². The quantitative estimate of drug-likeness (QED) is 0.152. The van der Waals surface area contributed by atoms with Crippen LogP contribution in [0.5, 0.6) is 0 Å². The third kappa shape index (κ3) is 5.81. The van der Waals surface area contributed by atoms with Crippen LogP contribution < -0.4 is 0 Å². The number of nitrogens with zero attached hydrogens (tertiary/aromatic N) is 2. The molecule has 0 radical (unpaired) electrons. The van der Waals surface area contributed by atoms with Crippen molar-refractivity contribution in [1.29, 1.82) is 0 Å². The molecule has 0 saturated heterocycles. The molecule has 0 atom stereocenters. The van der Waals surface area contributed by atoms with E-state index in [-0.39, 0.29) is 12.0 Å². The number of benzene rings is 7. The summed E-state index contributed by atoms with van der Waals surface area (Å²) >= 11 is 0.304. The number of fused-ring (bicyclic) bond motifs is 4. The molecule has 0 aliphatic heterocycles. The van der Waals surface area contributed by atoms with E-state index in [0.717, 1.165) is 0 Å². The van der Waals surface area contributed by atoms with Crippen molar-refractivity contribution in [3.63, 3.8) is 0 Å². The lowest BCUT2D eigenvalue weighted by molar-refractivity contribution is 1.14. The summed E-state index contributed by atoms with van der Waals surface area (Å²) in [6.07, 6.45) is -1.11. The van der Waals surface area contributed by atoms with E-state index in [1.165, 1.54) is 6.92 Å². The molecule has 10 aromatic rings. The van der Waals surface area contributed by atoms with Gasteiger partial charge < -0.3 is 0 Å². The molecule has 2 nitrogen and oxygen atoms in total. The van der Waals surface area contributed by atoms with E-state index in [2.05, 4.69) is 9.97 Å². The molecule has 0 unspecified atom stereocenters. The highest BCUT2D eigenvalue weighted by atomic mass is 32.1. The van der Waals surface area contributed by atoms with E-state index in [1.54, 1.807) is 0 Å². The lowest BCUT2D eigenvalue weighted by Gasteiger charge is -2.16. The topological polar surface area (TPSA) is 25.8 Å². The van der Waals surface area contributed by atoms with Crippen LogP contribution in [-0.2, 0) is 6.42 Å². The molecule has 0 spiro atoms. The summed E-state index contributed by atoms with van der Waals surface area (Å²) in [7, 11) is 0. The molecule has 3 heterocycles. The lowest BCUT2D eigenvalue weighted by atomic mass is 9.88. The Morgan fingerprint density at radius 3 is 1.71 bits per heavy atom. The van der Waals surface area contributed by atoms with Crippen LogP contribution in [0, 0.1) is 0 Å². The summed E-state index contributed by atoms with van der Waals surface area (Å²) in [5, 5.41) is -2.33. The van der Waals surface area contributed by atoms with Crippen molar-refractivity contribution in [1.82, 2.24) is 9.97 Å². The fraction of sp³-hybridized carbons (Fsp3) is 0.0385. The van der Waals surface area contributed by atoms with E-state index in [1.807, 2.05) is 0 Å². The summed E-state index contributed by atoms with van der Waals surface area (Å²) < 4.78 is 281. The van der Waals surface area contributed by atoms with E-state index in [9.17, 15) is 16.4 Å². The Bertz CT molecular complexity index is 4740. The largest absolute Gasteiger partial charge is 0.254 e. The van der Waals surface area contributed by atoms with Gasteiger partial charge in [-0.25, -0.2) is 4.98 Å². The van der Waals surface area contributed by atoms with E-state index < -0.39 is 286 Å². The molecule has 260 valence electrons. The summed E-state index contributed by atoms with van der Waals surface area (Å²) in [4.78, 5) is 7.33. The molecule has 0 bridgehead atoms. The predicted octanol–water partition coefficient (Wildman–Crippen LogP) is 14.6. The minimum atomic E-state index is -1.04. The van der Waals surface area contributed by atoms with Gasteiger partial charge in [0.15, 0.2) is 0 Å². The second-order valence-corrected chi connectivity index (χ2v) is 12.6. The van der Waals surface area contributed by atoms with E-state index in [4.69, 9.17) is 26.0 Å². The zero-order valence-corrected chi connectivity index (χ0v) is 28.8. The van der Waals surface area contributed by atoms with Gasteiger partial charge in [0.2, 0.25) is 0 Å². The number of rotatable bonds is 7. The maximum absolute atomic E-state index is 10.3. The number of thiophene rings is 1. The molecule has 3 heteroatoms. The second kappa shape index (κ2) is 13.9. The van der Waals surface area contributed by atoms with Gasteiger partial charge >= 0.3 is 0 Å². The molecular formula is C52H36N2S. The first-order chi connectivity index (χ1) is 40.1. The fourth-order valence-electron chi connectivity index (χ4n) is 6.13. The highest BCUT2D eigenvalue weighted by Crippen LogP contribution is 2.52. The summed E-state index contributed by atoms with van der Waals surface area (Å²) in [6, 6.07) is -28.0. The van der Waals surface area contributed by atoms with Gasteiger partial charge in [-0.05, 0) is 74.3 Å². The molecule has 7 aromatic carbocycles. The number of aromatic nitrogens is 2. The maximum atomic E-state index is 10.3. The first-order valence-corrected chi connectivity index (χ1v) is 17.2. The van der Waals surface area contributed by atoms with Crippen LogP contribution in [0.15, 0.2) is 187 Å². The predicted molar refractivity (Wildman–Crippen MR) is 234 cm³/mol. The molecule has 0 amide bonds. The number of pyridine rings is 2. The van der Waals surface area contributed by atoms with Crippen LogP contribution in [0.25, 0.3) is 98.1 Å². The van der Waals surface area contributed by atoms with Crippen LogP contribution in [0.3, 0.4) is 0 Å². The van der Waals surface area contributed by atoms with Crippen LogP contribution in [0.4, 0.5) is 0 Å². The average Bonchev–Trinajstić information content (AvgIpc) is 1.11. The molecule has 0 aliphatic carbocycles. The Balaban J connectivity index is 1.46. The highest BCUT2D eigenvalue weighted by molar-refractivity contribution is 7.20. The standard InChI is InChI=1S/C52H36N2S/c1-2-34-24-27-40(52-48(36-17-8-4-9-18-36)47(35-15-6-3-7-16-35)51(55-52)39-19-10-5-11-20-39)33-45(34)43-29-30-44(42-23-13-12-22-41(42)43)46-31-28-38-26-25-37-21-14-32-53-49(37)50(38)54-46/h3-33H,2H2,1H3/i3D,4D,5D,6D,7D,8D,9D,10D,11D,12D,13D,14D,15D,16D,17D,18D,19D,20D,21D,22D,23D,24D,25D,26D,27D,28D,29D,30D,31D,32D,33D. The van der Waals surface area contributed by atoms with Crippen LogP contribution >= 0.6 is 11.3 Å². The van der Waals surface area contributed by atoms with Crippen molar-refractivity contribution in [2.45, 2.75) is 13.3 Å². The molecule has 55 heavy (non-hydrogen) atoms.